The van der Waals surface area contributed by atoms with Crippen molar-refractivity contribution in [2.75, 3.05) is 5.43 Å². The monoisotopic (exact) mass is 265 g/mol. The van der Waals surface area contributed by atoms with E-state index in [-0.39, 0.29) is 0 Å². The van der Waals surface area contributed by atoms with E-state index in [4.69, 9.17) is 5.84 Å². The van der Waals surface area contributed by atoms with E-state index < -0.39 is 0 Å². The van der Waals surface area contributed by atoms with Gasteiger partial charge in [-0.1, -0.05) is 26.0 Å². The molecule has 0 atom stereocenters. The first-order valence-corrected chi connectivity index (χ1v) is 7.14. The number of thiazole rings is 1. The van der Waals surface area contributed by atoms with Crippen LogP contribution in [0.5, 0.6) is 0 Å². The van der Waals surface area contributed by atoms with Crippen molar-refractivity contribution in [1.82, 2.24) is 4.98 Å². The van der Waals surface area contributed by atoms with Crippen molar-refractivity contribution in [2.24, 2.45) is 5.84 Å². The van der Waals surface area contributed by atoms with Gasteiger partial charge in [0.25, 0.3) is 0 Å². The van der Waals surface area contributed by atoms with Gasteiger partial charge < -0.3 is 5.43 Å². The Morgan fingerprint density at radius 1 is 1.29 bits per heavy atom. The van der Waals surface area contributed by atoms with Crippen LogP contribution < -0.4 is 11.3 Å². The first-order valence-electron chi connectivity index (χ1n) is 5.38. The molecule has 0 fully saturated rings. The summed E-state index contributed by atoms with van der Waals surface area (Å²) in [4.78, 5) is 5.65. The molecule has 0 aliphatic rings. The van der Waals surface area contributed by atoms with E-state index in [9.17, 15) is 0 Å². The first kappa shape index (κ1) is 12.4. The Kier molecular flexibility index (Phi) is 4.04. The van der Waals surface area contributed by atoms with Gasteiger partial charge in [0.05, 0.1) is 0 Å². The van der Waals surface area contributed by atoms with E-state index in [0.29, 0.717) is 11.1 Å². The highest BCUT2D eigenvalue weighted by atomic mass is 32.2. The van der Waals surface area contributed by atoms with Crippen LogP contribution >= 0.6 is 23.1 Å². The summed E-state index contributed by atoms with van der Waals surface area (Å²) < 4.78 is 0. The topological polar surface area (TPSA) is 50.9 Å². The molecule has 0 radical (unpaired) electrons. The van der Waals surface area contributed by atoms with E-state index in [1.54, 1.807) is 11.3 Å². The zero-order chi connectivity index (χ0) is 12.3. The average Bonchev–Trinajstić information content (AvgIpc) is 2.78. The van der Waals surface area contributed by atoms with Gasteiger partial charge >= 0.3 is 0 Å². The largest absolute Gasteiger partial charge is 0.308 e. The number of thioether (sulfide) groups is 1. The number of nitrogens with one attached hydrogen (secondary N) is 1. The van der Waals surface area contributed by atoms with Crippen molar-refractivity contribution < 1.29 is 0 Å². The van der Waals surface area contributed by atoms with Crippen molar-refractivity contribution in [2.45, 2.75) is 24.0 Å². The number of nitrogens with zero attached hydrogens (tertiary/aromatic N) is 1. The summed E-state index contributed by atoms with van der Waals surface area (Å²) in [5.41, 5.74) is 3.68. The zero-order valence-corrected chi connectivity index (χ0v) is 11.4. The minimum absolute atomic E-state index is 0.605. The zero-order valence-electron chi connectivity index (χ0n) is 9.81. The Balaban J connectivity index is 2.17. The Bertz CT molecular complexity index is 477. The van der Waals surface area contributed by atoms with Crippen molar-refractivity contribution >= 4 is 28.9 Å². The van der Waals surface area contributed by atoms with Crippen molar-refractivity contribution in [3.05, 3.63) is 29.6 Å². The molecule has 1 aromatic heterocycles. The molecule has 0 bridgehead atoms. The highest BCUT2D eigenvalue weighted by molar-refractivity contribution is 7.99. The second-order valence-corrected chi connectivity index (χ2v) is 6.38. The van der Waals surface area contributed by atoms with Crippen LogP contribution in [-0.2, 0) is 0 Å². The van der Waals surface area contributed by atoms with Gasteiger partial charge in [0.2, 0.25) is 0 Å². The number of nitrogens with two attached hydrogens (primary N) is 1. The fourth-order valence-corrected chi connectivity index (χ4v) is 3.03. The molecule has 1 aromatic carbocycles. The van der Waals surface area contributed by atoms with Crippen LogP contribution in [0.25, 0.3) is 10.6 Å². The highest BCUT2D eigenvalue weighted by Crippen LogP contribution is 2.29. The third-order valence-electron chi connectivity index (χ3n) is 2.13. The second kappa shape index (κ2) is 5.53. The molecule has 2 aromatic rings. The van der Waals surface area contributed by atoms with Gasteiger partial charge in [0.1, 0.15) is 5.01 Å². The second-order valence-electron chi connectivity index (χ2n) is 3.87. The lowest BCUT2D eigenvalue weighted by molar-refractivity contribution is 1.11. The van der Waals surface area contributed by atoms with Crippen LogP contribution in [0.2, 0.25) is 0 Å². The smallest absolute Gasteiger partial charge is 0.151 e. The highest BCUT2D eigenvalue weighted by Gasteiger charge is 2.04. The maximum atomic E-state index is 5.31. The molecule has 3 nitrogen and oxygen atoms in total. The van der Waals surface area contributed by atoms with Gasteiger partial charge in [0, 0.05) is 21.1 Å². The van der Waals surface area contributed by atoms with Gasteiger partial charge in [-0.2, -0.15) is 0 Å². The summed E-state index contributed by atoms with van der Waals surface area (Å²) in [6, 6.07) is 8.47. The molecule has 0 unspecified atom stereocenters. The predicted molar refractivity (Wildman–Crippen MR) is 76.4 cm³/mol. The third-order valence-corrected chi connectivity index (χ3v) is 4.03. The van der Waals surface area contributed by atoms with Crippen LogP contribution in [0.3, 0.4) is 0 Å². The summed E-state index contributed by atoms with van der Waals surface area (Å²) in [7, 11) is 0. The molecule has 1 heterocycles. The molecule has 3 N–H and O–H groups in total. The maximum absolute atomic E-state index is 5.31. The molecule has 0 spiro atoms. The molecule has 17 heavy (non-hydrogen) atoms. The molecule has 5 heteroatoms. The quantitative estimate of drug-likeness (QED) is 0.504. The molecule has 0 saturated carbocycles. The number of rotatable bonds is 4. The van der Waals surface area contributed by atoms with Crippen LogP contribution in [-0.4, -0.2) is 10.2 Å². The number of aromatic nitrogens is 1. The lowest BCUT2D eigenvalue weighted by Crippen LogP contribution is -2.06. The molecule has 0 aliphatic heterocycles. The number of hydrogen-bond acceptors (Lipinski definition) is 5. The first-order chi connectivity index (χ1) is 8.19. The fourth-order valence-electron chi connectivity index (χ4n) is 1.42. The third kappa shape index (κ3) is 3.21. The molecule has 90 valence electrons. The van der Waals surface area contributed by atoms with E-state index in [1.165, 1.54) is 4.90 Å². The summed E-state index contributed by atoms with van der Waals surface area (Å²) >= 11 is 3.45. The van der Waals surface area contributed by atoms with E-state index in [2.05, 4.69) is 48.5 Å². The van der Waals surface area contributed by atoms with Crippen LogP contribution in [0.1, 0.15) is 13.8 Å². The number of hydrazine groups is 1. The number of nitrogen functional groups attached to an aromatic ring is 1. The van der Waals surface area contributed by atoms with E-state index in [0.717, 1.165) is 10.6 Å². The fraction of sp³-hybridized carbons (Fsp3) is 0.250. The Labute approximate surface area is 109 Å². The van der Waals surface area contributed by atoms with Gasteiger partial charge in [-0.15, -0.1) is 23.1 Å². The molecule has 0 amide bonds. The summed E-state index contributed by atoms with van der Waals surface area (Å²) in [5.74, 6) is 6.02. The Hall–Kier alpha value is -1.04. The van der Waals surface area contributed by atoms with E-state index in [1.807, 2.05) is 17.1 Å². The lowest BCUT2D eigenvalue weighted by atomic mass is 10.2. The minimum Gasteiger partial charge on any atom is -0.308 e. The molecular formula is C12H15N3S2. The normalized spacial score (nSPS) is 10.8. The SMILES string of the molecule is CC(C)Sc1ccc(-c2nc(NN)cs2)cc1. The summed E-state index contributed by atoms with van der Waals surface area (Å²) in [6.45, 7) is 4.39. The number of benzene rings is 1. The predicted octanol–water partition coefficient (Wildman–Crippen LogP) is 3.60. The molecule has 0 saturated heterocycles. The van der Waals surface area contributed by atoms with Crippen molar-refractivity contribution in [1.29, 1.82) is 0 Å². The lowest BCUT2D eigenvalue weighted by Gasteiger charge is -2.04. The average molecular weight is 265 g/mol. The van der Waals surface area contributed by atoms with Crippen LogP contribution in [0.15, 0.2) is 34.5 Å². The molecule has 2 rings (SSSR count). The van der Waals surface area contributed by atoms with Crippen LogP contribution in [0.4, 0.5) is 5.82 Å². The molecular weight excluding hydrogens is 250 g/mol. The van der Waals surface area contributed by atoms with Crippen molar-refractivity contribution in [3.8, 4) is 10.6 Å². The van der Waals surface area contributed by atoms with Gasteiger partial charge in [-0.05, 0) is 12.1 Å². The van der Waals surface area contributed by atoms with Crippen LogP contribution in [0, 0.1) is 0 Å². The summed E-state index contributed by atoms with van der Waals surface area (Å²) in [5, 5.41) is 3.50. The molecule has 0 aliphatic carbocycles. The van der Waals surface area contributed by atoms with Gasteiger partial charge in [-0.25, -0.2) is 10.8 Å². The standard InChI is InChI=1S/C12H15N3S2/c1-8(2)17-10-5-3-9(4-6-10)12-14-11(15-13)7-16-12/h3-8,15H,13H2,1-2H3. The maximum Gasteiger partial charge on any atom is 0.151 e. The Morgan fingerprint density at radius 3 is 2.53 bits per heavy atom. The summed E-state index contributed by atoms with van der Waals surface area (Å²) in [6.07, 6.45) is 0. The minimum atomic E-state index is 0.605. The van der Waals surface area contributed by atoms with Gasteiger partial charge in [0.15, 0.2) is 5.82 Å². The number of anilines is 1. The Morgan fingerprint density at radius 2 is 2.00 bits per heavy atom. The number of hydrogen-bond donors (Lipinski definition) is 2. The van der Waals surface area contributed by atoms with E-state index >= 15 is 0 Å². The van der Waals surface area contributed by atoms with Crippen molar-refractivity contribution in [3.63, 3.8) is 0 Å². The van der Waals surface area contributed by atoms with Gasteiger partial charge in [-0.3, -0.25) is 0 Å².